The molecule has 1 aliphatic heterocycles. The van der Waals surface area contributed by atoms with E-state index in [9.17, 15) is 9.18 Å². The summed E-state index contributed by atoms with van der Waals surface area (Å²) in [5.41, 5.74) is 0. The van der Waals surface area contributed by atoms with Crippen molar-refractivity contribution in [3.05, 3.63) is 28.5 Å². The van der Waals surface area contributed by atoms with Crippen molar-refractivity contribution < 1.29 is 18.7 Å². The van der Waals surface area contributed by atoms with E-state index in [2.05, 4.69) is 20.8 Å². The van der Waals surface area contributed by atoms with Crippen LogP contribution in [0.1, 0.15) is 32.6 Å². The minimum atomic E-state index is -0.304. The lowest BCUT2D eigenvalue weighted by molar-refractivity contribution is -0.144. The second kappa shape index (κ2) is 9.99. The van der Waals surface area contributed by atoms with Gasteiger partial charge >= 0.3 is 5.97 Å². The summed E-state index contributed by atoms with van der Waals surface area (Å²) in [5, 5.41) is 0. The van der Waals surface area contributed by atoms with Crippen molar-refractivity contribution in [2.45, 2.75) is 32.6 Å². The van der Waals surface area contributed by atoms with Gasteiger partial charge in [0.15, 0.2) is 0 Å². The highest BCUT2D eigenvalue weighted by atomic mass is 79.9. The quantitative estimate of drug-likeness (QED) is 0.486. The number of hydrogen-bond donors (Lipinski definition) is 0. The van der Waals surface area contributed by atoms with E-state index in [0.29, 0.717) is 35.9 Å². The minimum absolute atomic E-state index is 0.133. The number of esters is 1. The van der Waals surface area contributed by atoms with Crippen molar-refractivity contribution in [2.75, 3.05) is 32.8 Å². The fourth-order valence-electron chi connectivity index (χ4n) is 2.95. The molecule has 1 aromatic rings. The third kappa shape index (κ3) is 6.40. The van der Waals surface area contributed by atoms with Gasteiger partial charge in [-0.2, -0.15) is 0 Å². The van der Waals surface area contributed by atoms with E-state index in [0.717, 1.165) is 38.8 Å². The zero-order chi connectivity index (χ0) is 17.4. The van der Waals surface area contributed by atoms with Crippen LogP contribution in [0.25, 0.3) is 0 Å². The molecule has 0 radical (unpaired) electrons. The molecule has 2 rings (SSSR count). The van der Waals surface area contributed by atoms with Gasteiger partial charge in [-0.1, -0.05) is 0 Å². The van der Waals surface area contributed by atoms with Crippen molar-refractivity contribution in [3.63, 3.8) is 0 Å². The first-order chi connectivity index (χ1) is 11.6. The van der Waals surface area contributed by atoms with Gasteiger partial charge in [0.25, 0.3) is 0 Å². The predicted octanol–water partition coefficient (Wildman–Crippen LogP) is 4.02. The van der Waals surface area contributed by atoms with Crippen molar-refractivity contribution >= 4 is 21.9 Å². The molecular formula is C18H25BrFNO3. The summed E-state index contributed by atoms with van der Waals surface area (Å²) in [6.07, 6.45) is 4.27. The molecule has 1 aliphatic rings. The maximum atomic E-state index is 13.4. The Morgan fingerprint density at radius 1 is 1.38 bits per heavy atom. The summed E-state index contributed by atoms with van der Waals surface area (Å²) in [4.78, 5) is 13.6. The Kier molecular flexibility index (Phi) is 7.99. The van der Waals surface area contributed by atoms with E-state index in [1.807, 2.05) is 6.92 Å². The largest absolute Gasteiger partial charge is 0.493 e. The van der Waals surface area contributed by atoms with Crippen LogP contribution in [-0.2, 0) is 9.53 Å². The molecule has 4 nitrogen and oxygen atoms in total. The summed E-state index contributed by atoms with van der Waals surface area (Å²) in [7, 11) is 0. The van der Waals surface area contributed by atoms with Gasteiger partial charge in [0.2, 0.25) is 0 Å². The molecule has 0 saturated carbocycles. The summed E-state index contributed by atoms with van der Waals surface area (Å²) >= 11 is 3.13. The van der Waals surface area contributed by atoms with Crippen LogP contribution in [0.4, 0.5) is 4.39 Å². The lowest BCUT2D eigenvalue weighted by Crippen LogP contribution is -2.38. The number of hydrogen-bond acceptors (Lipinski definition) is 4. The monoisotopic (exact) mass is 401 g/mol. The van der Waals surface area contributed by atoms with E-state index in [1.54, 1.807) is 12.1 Å². The van der Waals surface area contributed by atoms with Gasteiger partial charge in [-0.3, -0.25) is 9.69 Å². The Labute approximate surface area is 151 Å². The van der Waals surface area contributed by atoms with Crippen LogP contribution in [0.3, 0.4) is 0 Å². The van der Waals surface area contributed by atoms with E-state index >= 15 is 0 Å². The van der Waals surface area contributed by atoms with Gasteiger partial charge in [0.05, 0.1) is 24.2 Å². The first-order valence-electron chi connectivity index (χ1n) is 8.54. The van der Waals surface area contributed by atoms with Crippen LogP contribution in [-0.4, -0.2) is 43.7 Å². The first-order valence-corrected chi connectivity index (χ1v) is 9.33. The molecule has 0 amide bonds. The number of carbonyl (C=O) groups excluding carboxylic acids is 1. The second-order valence-corrected chi connectivity index (χ2v) is 6.95. The molecule has 0 aliphatic carbocycles. The molecular weight excluding hydrogens is 377 g/mol. The molecule has 1 saturated heterocycles. The van der Waals surface area contributed by atoms with Crippen LogP contribution in [0, 0.1) is 11.7 Å². The van der Waals surface area contributed by atoms with E-state index in [-0.39, 0.29) is 11.8 Å². The third-order valence-electron chi connectivity index (χ3n) is 4.28. The number of carbonyl (C=O) groups is 1. The molecule has 0 N–H and O–H groups in total. The maximum absolute atomic E-state index is 13.4. The molecule has 0 atom stereocenters. The molecule has 0 spiro atoms. The Hall–Kier alpha value is -1.14. The molecule has 0 bridgehead atoms. The summed E-state index contributed by atoms with van der Waals surface area (Å²) in [5.74, 6) is 0.807. The second-order valence-electron chi connectivity index (χ2n) is 6.09. The Balaban J connectivity index is 1.59. The number of ether oxygens (including phenoxy) is 2. The van der Waals surface area contributed by atoms with Gasteiger partial charge in [-0.05, 0) is 79.7 Å². The zero-order valence-corrected chi connectivity index (χ0v) is 15.7. The normalized spacial score (nSPS) is 16.1. The molecule has 24 heavy (non-hydrogen) atoms. The number of piperidine rings is 1. The highest BCUT2D eigenvalue weighted by Gasteiger charge is 2.20. The SMILES string of the molecule is CCOC(=O)CN1CCC(CCCOc2ccc(Br)c(F)c2)CC1. The fraction of sp³-hybridized carbons (Fsp3) is 0.611. The minimum Gasteiger partial charge on any atom is -0.493 e. The van der Waals surface area contributed by atoms with E-state index < -0.39 is 0 Å². The summed E-state index contributed by atoms with van der Waals surface area (Å²) in [6.45, 7) is 5.17. The van der Waals surface area contributed by atoms with Crippen molar-refractivity contribution in [3.8, 4) is 5.75 Å². The van der Waals surface area contributed by atoms with Gasteiger partial charge in [0.1, 0.15) is 11.6 Å². The Morgan fingerprint density at radius 2 is 2.12 bits per heavy atom. The van der Waals surface area contributed by atoms with Crippen LogP contribution in [0.5, 0.6) is 5.75 Å². The number of nitrogens with zero attached hydrogens (tertiary/aromatic N) is 1. The molecule has 1 heterocycles. The third-order valence-corrected chi connectivity index (χ3v) is 4.92. The Bertz CT molecular complexity index is 533. The Morgan fingerprint density at radius 3 is 2.79 bits per heavy atom. The fourth-order valence-corrected chi connectivity index (χ4v) is 3.20. The van der Waals surface area contributed by atoms with Crippen LogP contribution >= 0.6 is 15.9 Å². The molecule has 0 aromatic heterocycles. The van der Waals surface area contributed by atoms with Gasteiger partial charge in [-0.15, -0.1) is 0 Å². The number of halogens is 2. The topological polar surface area (TPSA) is 38.8 Å². The molecule has 134 valence electrons. The average Bonchev–Trinajstić information content (AvgIpc) is 2.56. The number of rotatable bonds is 8. The van der Waals surface area contributed by atoms with Gasteiger partial charge < -0.3 is 9.47 Å². The molecule has 1 aromatic carbocycles. The standard InChI is InChI=1S/C18H25BrFNO3/c1-2-23-18(22)13-21-9-7-14(8-10-21)4-3-11-24-15-5-6-16(19)17(20)12-15/h5-6,12,14H,2-4,7-11,13H2,1H3. The number of likely N-dealkylation sites (tertiary alicyclic amines) is 1. The van der Waals surface area contributed by atoms with Crippen molar-refractivity contribution in [1.82, 2.24) is 4.90 Å². The lowest BCUT2D eigenvalue weighted by Gasteiger charge is -2.31. The highest BCUT2D eigenvalue weighted by molar-refractivity contribution is 9.10. The summed E-state index contributed by atoms with van der Waals surface area (Å²) < 4.78 is 24.4. The lowest BCUT2D eigenvalue weighted by atomic mass is 9.92. The van der Waals surface area contributed by atoms with E-state index in [4.69, 9.17) is 9.47 Å². The molecule has 6 heteroatoms. The zero-order valence-electron chi connectivity index (χ0n) is 14.1. The smallest absolute Gasteiger partial charge is 0.320 e. The predicted molar refractivity (Wildman–Crippen MR) is 94.6 cm³/mol. The highest BCUT2D eigenvalue weighted by Crippen LogP contribution is 2.23. The van der Waals surface area contributed by atoms with Crippen LogP contribution < -0.4 is 4.74 Å². The van der Waals surface area contributed by atoms with Crippen molar-refractivity contribution in [2.24, 2.45) is 5.92 Å². The molecule has 1 fully saturated rings. The van der Waals surface area contributed by atoms with E-state index in [1.165, 1.54) is 6.07 Å². The van der Waals surface area contributed by atoms with Gasteiger partial charge in [-0.25, -0.2) is 4.39 Å². The van der Waals surface area contributed by atoms with Crippen molar-refractivity contribution in [1.29, 1.82) is 0 Å². The summed E-state index contributed by atoms with van der Waals surface area (Å²) in [6, 6.07) is 4.82. The maximum Gasteiger partial charge on any atom is 0.320 e. The van der Waals surface area contributed by atoms with Crippen LogP contribution in [0.15, 0.2) is 22.7 Å². The molecule has 0 unspecified atom stereocenters. The van der Waals surface area contributed by atoms with Gasteiger partial charge in [0, 0.05) is 6.07 Å². The average molecular weight is 402 g/mol. The number of benzene rings is 1. The first kappa shape index (κ1) is 19.2. The van der Waals surface area contributed by atoms with Crippen LogP contribution in [0.2, 0.25) is 0 Å².